The fourth-order valence-electron chi connectivity index (χ4n) is 5.07. The molecular weight excluding hydrogens is 400 g/mol. The molecular formula is C26H36N4O2. The van der Waals surface area contributed by atoms with Crippen molar-refractivity contribution in [1.29, 1.82) is 0 Å². The van der Waals surface area contributed by atoms with Gasteiger partial charge in [0, 0.05) is 44.6 Å². The molecule has 172 valence electrons. The minimum absolute atomic E-state index is 0.0384. The molecule has 0 aliphatic carbocycles. The molecule has 1 aromatic carbocycles. The second-order valence-electron chi connectivity index (χ2n) is 9.08. The van der Waals surface area contributed by atoms with Crippen LogP contribution in [0.2, 0.25) is 0 Å². The van der Waals surface area contributed by atoms with Crippen molar-refractivity contribution in [2.45, 2.75) is 51.2 Å². The van der Waals surface area contributed by atoms with Gasteiger partial charge in [-0.05, 0) is 67.7 Å². The van der Waals surface area contributed by atoms with Crippen molar-refractivity contribution < 1.29 is 9.53 Å². The van der Waals surface area contributed by atoms with Gasteiger partial charge in [-0.25, -0.2) is 0 Å². The fourth-order valence-corrected chi connectivity index (χ4v) is 5.07. The number of carbonyl (C=O) groups excluding carboxylic acids is 1. The van der Waals surface area contributed by atoms with Crippen LogP contribution in [0.4, 0.5) is 0 Å². The minimum atomic E-state index is 0.0384. The fraction of sp³-hybridized carbons (Fsp3) is 0.538. The van der Waals surface area contributed by atoms with Gasteiger partial charge in [0.25, 0.3) is 0 Å². The highest BCUT2D eigenvalue weighted by Gasteiger charge is 2.37. The van der Waals surface area contributed by atoms with Crippen LogP contribution < -0.4 is 10.1 Å². The number of pyridine rings is 1. The summed E-state index contributed by atoms with van der Waals surface area (Å²) in [6.07, 6.45) is 9.28. The summed E-state index contributed by atoms with van der Waals surface area (Å²) in [5.74, 6) is 1.17. The number of nitrogens with zero attached hydrogens (tertiary/aromatic N) is 3. The Morgan fingerprint density at radius 2 is 1.88 bits per heavy atom. The summed E-state index contributed by atoms with van der Waals surface area (Å²) in [6.45, 7) is 5.42. The number of hydrogen-bond acceptors (Lipinski definition) is 5. The highest BCUT2D eigenvalue weighted by atomic mass is 16.5. The van der Waals surface area contributed by atoms with Crippen LogP contribution in [0.1, 0.15) is 43.2 Å². The zero-order valence-electron chi connectivity index (χ0n) is 19.2. The van der Waals surface area contributed by atoms with Gasteiger partial charge in [-0.3, -0.25) is 19.6 Å². The number of carbonyl (C=O) groups is 1. The third-order valence-electron chi connectivity index (χ3n) is 6.82. The molecule has 4 rings (SSSR count). The smallest absolute Gasteiger partial charge is 0.224 e. The SMILES string of the molecule is COc1cccc(CN2CC[C@@H]3C(=O)NCCCCCCN(Cc4ccncc4)[C@@H]3C2)c1. The van der Waals surface area contributed by atoms with Crippen LogP contribution in [0.15, 0.2) is 48.8 Å². The molecule has 2 saturated heterocycles. The lowest BCUT2D eigenvalue weighted by molar-refractivity contribution is -0.129. The second-order valence-corrected chi connectivity index (χ2v) is 9.08. The number of aromatic nitrogens is 1. The highest BCUT2D eigenvalue weighted by Crippen LogP contribution is 2.27. The molecule has 2 fully saturated rings. The predicted molar refractivity (Wildman–Crippen MR) is 126 cm³/mol. The summed E-state index contributed by atoms with van der Waals surface area (Å²) in [7, 11) is 1.71. The van der Waals surface area contributed by atoms with E-state index in [-0.39, 0.29) is 17.9 Å². The average molecular weight is 437 g/mol. The van der Waals surface area contributed by atoms with Crippen LogP contribution in [0.25, 0.3) is 0 Å². The molecule has 0 unspecified atom stereocenters. The van der Waals surface area contributed by atoms with Crippen LogP contribution in [-0.2, 0) is 17.9 Å². The molecule has 2 aromatic rings. The topological polar surface area (TPSA) is 57.7 Å². The number of likely N-dealkylation sites (tertiary alicyclic amines) is 1. The quantitative estimate of drug-likeness (QED) is 0.778. The Morgan fingerprint density at radius 1 is 1.03 bits per heavy atom. The summed E-state index contributed by atoms with van der Waals surface area (Å²) in [5.41, 5.74) is 2.52. The van der Waals surface area contributed by atoms with E-state index in [1.165, 1.54) is 30.4 Å². The van der Waals surface area contributed by atoms with Crippen molar-refractivity contribution in [3.8, 4) is 5.75 Å². The summed E-state index contributed by atoms with van der Waals surface area (Å²) in [4.78, 5) is 22.4. The number of methoxy groups -OCH3 is 1. The van der Waals surface area contributed by atoms with Gasteiger partial charge in [0.15, 0.2) is 0 Å². The molecule has 2 aliphatic heterocycles. The average Bonchev–Trinajstić information content (AvgIpc) is 2.86. The molecule has 0 bridgehead atoms. The normalized spacial score (nSPS) is 23.6. The molecule has 32 heavy (non-hydrogen) atoms. The van der Waals surface area contributed by atoms with E-state index in [4.69, 9.17) is 4.74 Å². The lowest BCUT2D eigenvalue weighted by Gasteiger charge is -2.43. The van der Waals surface area contributed by atoms with Crippen molar-refractivity contribution >= 4 is 5.91 Å². The molecule has 0 saturated carbocycles. The van der Waals surface area contributed by atoms with Crippen LogP contribution in [-0.4, -0.2) is 60.0 Å². The van der Waals surface area contributed by atoms with Crippen molar-refractivity contribution in [2.75, 3.05) is 33.3 Å². The van der Waals surface area contributed by atoms with Crippen LogP contribution in [0.5, 0.6) is 5.75 Å². The number of hydrogen-bond donors (Lipinski definition) is 1. The lowest BCUT2D eigenvalue weighted by atomic mass is 9.88. The Morgan fingerprint density at radius 3 is 2.72 bits per heavy atom. The molecule has 6 heteroatoms. The van der Waals surface area contributed by atoms with Gasteiger partial charge < -0.3 is 10.1 Å². The van der Waals surface area contributed by atoms with Gasteiger partial charge in [-0.15, -0.1) is 0 Å². The summed E-state index contributed by atoms with van der Waals surface area (Å²) in [5, 5.41) is 3.23. The van der Waals surface area contributed by atoms with Gasteiger partial charge in [0.2, 0.25) is 5.91 Å². The van der Waals surface area contributed by atoms with E-state index >= 15 is 0 Å². The summed E-state index contributed by atoms with van der Waals surface area (Å²) >= 11 is 0. The number of piperidine rings is 1. The maximum atomic E-state index is 13.1. The second kappa shape index (κ2) is 11.4. The Balaban J connectivity index is 1.54. The van der Waals surface area contributed by atoms with Crippen molar-refractivity contribution in [3.05, 3.63) is 59.9 Å². The van der Waals surface area contributed by atoms with Crippen LogP contribution >= 0.6 is 0 Å². The molecule has 2 atom stereocenters. The number of nitrogens with one attached hydrogen (secondary N) is 1. The highest BCUT2D eigenvalue weighted by molar-refractivity contribution is 5.79. The minimum Gasteiger partial charge on any atom is -0.497 e. The molecule has 0 spiro atoms. The number of benzene rings is 1. The molecule has 6 nitrogen and oxygen atoms in total. The number of ether oxygens (including phenoxy) is 1. The molecule has 1 N–H and O–H groups in total. The van der Waals surface area contributed by atoms with Crippen molar-refractivity contribution in [1.82, 2.24) is 20.1 Å². The first kappa shape index (κ1) is 22.7. The molecule has 3 heterocycles. The summed E-state index contributed by atoms with van der Waals surface area (Å²) in [6, 6.07) is 12.7. The van der Waals surface area contributed by atoms with E-state index < -0.39 is 0 Å². The number of rotatable bonds is 5. The third kappa shape index (κ3) is 6.08. The van der Waals surface area contributed by atoms with E-state index in [2.05, 4.69) is 50.4 Å². The number of fused-ring (bicyclic) bond motifs is 1. The molecule has 1 aromatic heterocycles. The zero-order chi connectivity index (χ0) is 22.2. The molecule has 0 radical (unpaired) electrons. The van der Waals surface area contributed by atoms with Crippen LogP contribution in [0, 0.1) is 5.92 Å². The zero-order valence-corrected chi connectivity index (χ0v) is 19.2. The van der Waals surface area contributed by atoms with Gasteiger partial charge in [-0.2, -0.15) is 0 Å². The maximum Gasteiger partial charge on any atom is 0.224 e. The van der Waals surface area contributed by atoms with Crippen molar-refractivity contribution in [2.24, 2.45) is 5.92 Å². The van der Waals surface area contributed by atoms with Crippen LogP contribution in [0.3, 0.4) is 0 Å². The monoisotopic (exact) mass is 436 g/mol. The van der Waals surface area contributed by atoms with E-state index in [9.17, 15) is 4.79 Å². The standard InChI is InChI=1S/C26H36N4O2/c1-32-23-8-6-7-22(17-23)18-29-16-11-24-25(20-29)30(19-21-9-13-27-14-10-21)15-5-3-2-4-12-28-26(24)31/h6-10,13-14,17,24-25H,2-5,11-12,15-16,18-20H2,1H3,(H,28,31)/t24-,25+/m0/s1. The van der Waals surface area contributed by atoms with Gasteiger partial charge in [0.1, 0.15) is 5.75 Å². The van der Waals surface area contributed by atoms with E-state index in [0.29, 0.717) is 0 Å². The maximum absolute atomic E-state index is 13.1. The third-order valence-corrected chi connectivity index (χ3v) is 6.82. The largest absolute Gasteiger partial charge is 0.497 e. The van der Waals surface area contributed by atoms with E-state index in [1.54, 1.807) is 7.11 Å². The predicted octanol–water partition coefficient (Wildman–Crippen LogP) is 3.47. The van der Waals surface area contributed by atoms with Gasteiger partial charge in [-0.1, -0.05) is 25.0 Å². The first-order valence-corrected chi connectivity index (χ1v) is 12.0. The lowest BCUT2D eigenvalue weighted by Crippen LogP contribution is -2.56. The van der Waals surface area contributed by atoms with E-state index in [0.717, 1.165) is 57.9 Å². The first-order chi connectivity index (χ1) is 15.7. The van der Waals surface area contributed by atoms with Gasteiger partial charge >= 0.3 is 0 Å². The first-order valence-electron chi connectivity index (χ1n) is 12.0. The molecule has 1 amide bonds. The Bertz CT molecular complexity index is 860. The van der Waals surface area contributed by atoms with Crippen molar-refractivity contribution in [3.63, 3.8) is 0 Å². The number of amides is 1. The van der Waals surface area contributed by atoms with Gasteiger partial charge in [0.05, 0.1) is 13.0 Å². The summed E-state index contributed by atoms with van der Waals surface area (Å²) < 4.78 is 5.41. The van der Waals surface area contributed by atoms with E-state index in [1.807, 2.05) is 18.5 Å². The Hall–Kier alpha value is -2.44. The molecule has 2 aliphatic rings. The Kier molecular flexibility index (Phi) is 8.13. The Labute approximate surface area is 192 Å².